The summed E-state index contributed by atoms with van der Waals surface area (Å²) in [5.74, 6) is -0.918. The molecule has 0 radical (unpaired) electrons. The topological polar surface area (TPSA) is 52.0 Å². The molecule has 0 fully saturated rings. The van der Waals surface area contributed by atoms with E-state index in [-0.39, 0.29) is 11.6 Å². The van der Waals surface area contributed by atoms with Gasteiger partial charge in [0.1, 0.15) is 6.54 Å². The number of carbonyl (C=O) groups excluding carboxylic acids is 1. The molecule has 5 nitrogen and oxygen atoms in total. The number of amides is 1. The Labute approximate surface area is 157 Å². The van der Waals surface area contributed by atoms with Crippen molar-refractivity contribution in [2.45, 2.75) is 26.4 Å². The molecule has 2 rings (SSSR count). The maximum atomic E-state index is 13.3. The molecule has 0 spiro atoms. The second-order valence-electron chi connectivity index (χ2n) is 6.28. The lowest BCUT2D eigenvalue weighted by Crippen LogP contribution is -3.12. The average molecular weight is 379 g/mol. The van der Waals surface area contributed by atoms with Crippen LogP contribution in [0.1, 0.15) is 19.4 Å². The van der Waals surface area contributed by atoms with Crippen LogP contribution in [0.5, 0.6) is 11.5 Å². The molecule has 0 aliphatic rings. The van der Waals surface area contributed by atoms with Crippen molar-refractivity contribution in [3.8, 4) is 11.5 Å². The molecule has 7 heteroatoms. The summed E-state index contributed by atoms with van der Waals surface area (Å²) in [7, 11) is 3.47. The Hall–Kier alpha value is -2.67. The van der Waals surface area contributed by atoms with Crippen molar-refractivity contribution >= 4 is 11.6 Å². The highest BCUT2D eigenvalue weighted by Crippen LogP contribution is 2.27. The molecule has 2 N–H and O–H groups in total. The van der Waals surface area contributed by atoms with Crippen molar-refractivity contribution in [3.63, 3.8) is 0 Å². The minimum absolute atomic E-state index is 0.223. The van der Waals surface area contributed by atoms with Gasteiger partial charge in [-0.25, -0.2) is 8.78 Å². The molecular formula is C20H25F2N2O3+. The van der Waals surface area contributed by atoms with Crippen LogP contribution in [0.2, 0.25) is 0 Å². The van der Waals surface area contributed by atoms with Crippen LogP contribution in [-0.2, 0) is 11.3 Å². The third-order valence-electron chi connectivity index (χ3n) is 4.33. The summed E-state index contributed by atoms with van der Waals surface area (Å²) >= 11 is 0. The third kappa shape index (κ3) is 5.40. The zero-order valence-electron chi connectivity index (χ0n) is 15.9. The van der Waals surface area contributed by atoms with Gasteiger partial charge in [0.05, 0.1) is 20.8 Å². The maximum absolute atomic E-state index is 13.3. The van der Waals surface area contributed by atoms with E-state index in [4.69, 9.17) is 9.47 Å². The molecule has 0 aliphatic heterocycles. The number of hydrogen-bond donors (Lipinski definition) is 2. The fraction of sp³-hybridized carbons (Fsp3) is 0.350. The van der Waals surface area contributed by atoms with Crippen molar-refractivity contribution in [2.24, 2.45) is 0 Å². The molecular weight excluding hydrogens is 354 g/mol. The van der Waals surface area contributed by atoms with Crippen molar-refractivity contribution in [1.29, 1.82) is 0 Å². The summed E-state index contributed by atoms with van der Waals surface area (Å²) in [6.45, 7) is 4.80. The van der Waals surface area contributed by atoms with E-state index in [1.54, 1.807) is 14.0 Å². The average Bonchev–Trinajstić information content (AvgIpc) is 2.65. The summed E-state index contributed by atoms with van der Waals surface area (Å²) in [6.07, 6.45) is 0. The van der Waals surface area contributed by atoms with Crippen LogP contribution in [0.4, 0.5) is 14.5 Å². The summed E-state index contributed by atoms with van der Waals surface area (Å²) < 4.78 is 37.1. The SMILES string of the molecule is CCOc1ccc(C[NH+](C)[C@H](C)C(=O)Nc2ccc(F)c(F)c2)cc1OC. The number of methoxy groups -OCH3 is 1. The van der Waals surface area contributed by atoms with E-state index in [9.17, 15) is 13.6 Å². The monoisotopic (exact) mass is 379 g/mol. The zero-order chi connectivity index (χ0) is 20.0. The first kappa shape index (κ1) is 20.6. The highest BCUT2D eigenvalue weighted by molar-refractivity contribution is 5.93. The molecule has 0 aromatic heterocycles. The van der Waals surface area contributed by atoms with Crippen LogP contribution in [0.15, 0.2) is 36.4 Å². The van der Waals surface area contributed by atoms with Gasteiger partial charge < -0.3 is 19.7 Å². The number of nitrogens with one attached hydrogen (secondary N) is 2. The molecule has 0 aliphatic carbocycles. The Morgan fingerprint density at radius 3 is 2.52 bits per heavy atom. The Bertz CT molecular complexity index is 799. The quantitative estimate of drug-likeness (QED) is 0.741. The van der Waals surface area contributed by atoms with Crippen LogP contribution in [0.25, 0.3) is 0 Å². The Kier molecular flexibility index (Phi) is 7.12. The number of likely N-dealkylation sites (N-methyl/N-ethyl adjacent to an activating group) is 1. The second kappa shape index (κ2) is 9.32. The van der Waals surface area contributed by atoms with E-state index in [0.29, 0.717) is 24.7 Å². The fourth-order valence-corrected chi connectivity index (χ4v) is 2.62. The third-order valence-corrected chi connectivity index (χ3v) is 4.33. The largest absolute Gasteiger partial charge is 0.493 e. The van der Waals surface area contributed by atoms with Crippen molar-refractivity contribution in [3.05, 3.63) is 53.6 Å². The Morgan fingerprint density at radius 2 is 1.89 bits per heavy atom. The fourth-order valence-electron chi connectivity index (χ4n) is 2.62. The van der Waals surface area contributed by atoms with E-state index in [0.717, 1.165) is 22.6 Å². The lowest BCUT2D eigenvalue weighted by atomic mass is 10.1. The molecule has 1 amide bonds. The van der Waals surface area contributed by atoms with E-state index >= 15 is 0 Å². The van der Waals surface area contributed by atoms with Crippen molar-refractivity contribution in [1.82, 2.24) is 0 Å². The number of hydrogen-bond acceptors (Lipinski definition) is 3. The van der Waals surface area contributed by atoms with E-state index in [1.165, 1.54) is 6.07 Å². The normalized spacial score (nSPS) is 13.0. The van der Waals surface area contributed by atoms with Crippen LogP contribution in [-0.4, -0.2) is 32.7 Å². The molecule has 1 unspecified atom stereocenters. The molecule has 27 heavy (non-hydrogen) atoms. The van der Waals surface area contributed by atoms with Crippen LogP contribution in [0, 0.1) is 11.6 Å². The minimum atomic E-state index is -0.998. The van der Waals surface area contributed by atoms with Gasteiger partial charge in [-0.15, -0.1) is 0 Å². The van der Waals surface area contributed by atoms with E-state index in [2.05, 4.69) is 5.32 Å². The first-order valence-corrected chi connectivity index (χ1v) is 8.73. The first-order chi connectivity index (χ1) is 12.8. The summed E-state index contributed by atoms with van der Waals surface area (Å²) in [5, 5.41) is 2.61. The van der Waals surface area contributed by atoms with Crippen molar-refractivity contribution in [2.75, 3.05) is 26.1 Å². The smallest absolute Gasteiger partial charge is 0.282 e. The standard InChI is InChI=1S/C20H24F2N2O3/c1-5-27-18-9-6-14(10-19(18)26-4)12-24(3)13(2)20(25)23-15-7-8-16(21)17(22)11-15/h6-11,13H,5,12H2,1-4H3,(H,23,25)/p+1/t13-/m1/s1. The lowest BCUT2D eigenvalue weighted by molar-refractivity contribution is -0.907. The van der Waals surface area contributed by atoms with Gasteiger partial charge in [0.15, 0.2) is 29.2 Å². The van der Waals surface area contributed by atoms with Crippen LogP contribution >= 0.6 is 0 Å². The van der Waals surface area contributed by atoms with Gasteiger partial charge >= 0.3 is 0 Å². The molecule has 2 aromatic rings. The zero-order valence-corrected chi connectivity index (χ0v) is 15.9. The maximum Gasteiger partial charge on any atom is 0.282 e. The number of ether oxygens (including phenoxy) is 2. The molecule has 2 aromatic carbocycles. The Balaban J connectivity index is 2.02. The lowest BCUT2D eigenvalue weighted by Gasteiger charge is -2.21. The molecule has 0 saturated carbocycles. The van der Waals surface area contributed by atoms with E-state index in [1.807, 2.05) is 32.2 Å². The van der Waals surface area contributed by atoms with Crippen molar-refractivity contribution < 1.29 is 27.9 Å². The summed E-state index contributed by atoms with van der Waals surface area (Å²) in [4.78, 5) is 13.3. The predicted molar refractivity (Wildman–Crippen MR) is 99.2 cm³/mol. The molecule has 0 heterocycles. The van der Waals surface area contributed by atoms with E-state index < -0.39 is 17.7 Å². The van der Waals surface area contributed by atoms with Gasteiger partial charge in [-0.3, -0.25) is 4.79 Å². The minimum Gasteiger partial charge on any atom is -0.493 e. The number of carbonyl (C=O) groups is 1. The number of halogens is 2. The van der Waals surface area contributed by atoms with Gasteiger partial charge in [-0.05, 0) is 44.2 Å². The van der Waals surface area contributed by atoms with Gasteiger partial charge in [0.25, 0.3) is 5.91 Å². The summed E-state index contributed by atoms with van der Waals surface area (Å²) in [6, 6.07) is 8.53. The number of benzene rings is 2. The second-order valence-corrected chi connectivity index (χ2v) is 6.28. The molecule has 0 bridgehead atoms. The predicted octanol–water partition coefficient (Wildman–Crippen LogP) is 2.41. The Morgan fingerprint density at radius 1 is 1.15 bits per heavy atom. The molecule has 2 atom stereocenters. The van der Waals surface area contributed by atoms with Gasteiger partial charge in [0.2, 0.25) is 0 Å². The van der Waals surface area contributed by atoms with Crippen LogP contribution < -0.4 is 19.7 Å². The highest BCUT2D eigenvalue weighted by atomic mass is 19.2. The number of anilines is 1. The van der Waals surface area contributed by atoms with Gasteiger partial charge in [0, 0.05) is 17.3 Å². The summed E-state index contributed by atoms with van der Waals surface area (Å²) in [5.41, 5.74) is 1.21. The number of quaternary nitrogens is 1. The van der Waals surface area contributed by atoms with Crippen LogP contribution in [0.3, 0.4) is 0 Å². The van der Waals surface area contributed by atoms with Gasteiger partial charge in [-0.2, -0.15) is 0 Å². The first-order valence-electron chi connectivity index (χ1n) is 8.73. The highest BCUT2D eigenvalue weighted by Gasteiger charge is 2.23. The molecule has 0 saturated heterocycles. The molecule has 146 valence electrons. The number of rotatable bonds is 8. The van der Waals surface area contributed by atoms with Gasteiger partial charge in [-0.1, -0.05) is 0 Å².